The molecule has 0 fully saturated rings. The van der Waals surface area contributed by atoms with Gasteiger partial charge in [0.05, 0.1) is 17.3 Å². The first-order valence-electron chi connectivity index (χ1n) is 9.34. The molecule has 8 heteroatoms. The van der Waals surface area contributed by atoms with E-state index in [1.54, 1.807) is 35.7 Å². The molecular weight excluding hydrogens is 399 g/mol. The first-order valence-corrected chi connectivity index (χ1v) is 10.2. The van der Waals surface area contributed by atoms with Gasteiger partial charge in [-0.1, -0.05) is 25.1 Å². The molecule has 0 bridgehead atoms. The standard InChI is InChI=1S/C21H22F3N3OS/c1-3-27(20(28)15-10-19(29-13-15)16-11-25-26-12-16)9-8-14(2)17-6-4-5-7-18(17)21(22,23)24/h4-7,10-14H,3,8-9H2,1-2H3,(H,25,26). The number of H-pyrrole nitrogens is 1. The Kier molecular flexibility index (Phi) is 6.42. The monoisotopic (exact) mass is 421 g/mol. The molecule has 0 aliphatic rings. The van der Waals surface area contributed by atoms with Gasteiger partial charge in [-0.25, -0.2) is 0 Å². The molecule has 0 spiro atoms. The van der Waals surface area contributed by atoms with Gasteiger partial charge in [0.1, 0.15) is 0 Å². The lowest BCUT2D eigenvalue weighted by Gasteiger charge is -2.24. The summed E-state index contributed by atoms with van der Waals surface area (Å²) in [6, 6.07) is 7.46. The molecule has 29 heavy (non-hydrogen) atoms. The van der Waals surface area contributed by atoms with Gasteiger partial charge in [0, 0.05) is 35.1 Å². The Morgan fingerprint density at radius 3 is 2.72 bits per heavy atom. The quantitative estimate of drug-likeness (QED) is 0.523. The zero-order valence-corrected chi connectivity index (χ0v) is 17.0. The molecule has 2 aromatic heterocycles. The summed E-state index contributed by atoms with van der Waals surface area (Å²) in [6.45, 7) is 4.52. The second kappa shape index (κ2) is 8.82. The molecule has 0 saturated carbocycles. The van der Waals surface area contributed by atoms with Crippen LogP contribution in [0.1, 0.15) is 47.7 Å². The smallest absolute Gasteiger partial charge is 0.339 e. The van der Waals surface area contributed by atoms with Crippen molar-refractivity contribution in [2.75, 3.05) is 13.1 Å². The van der Waals surface area contributed by atoms with Crippen LogP contribution in [0.2, 0.25) is 0 Å². The van der Waals surface area contributed by atoms with Crippen LogP contribution in [0.15, 0.2) is 48.1 Å². The van der Waals surface area contributed by atoms with Crippen LogP contribution in [0.3, 0.4) is 0 Å². The van der Waals surface area contributed by atoms with Crippen molar-refractivity contribution in [3.63, 3.8) is 0 Å². The fourth-order valence-electron chi connectivity index (χ4n) is 3.26. The predicted molar refractivity (Wildman–Crippen MR) is 108 cm³/mol. The topological polar surface area (TPSA) is 49.0 Å². The number of alkyl halides is 3. The summed E-state index contributed by atoms with van der Waals surface area (Å²) in [5, 5.41) is 8.46. The highest BCUT2D eigenvalue weighted by molar-refractivity contribution is 7.13. The van der Waals surface area contributed by atoms with Gasteiger partial charge in [-0.3, -0.25) is 9.89 Å². The number of aromatic amines is 1. The molecule has 0 aliphatic carbocycles. The molecule has 1 atom stereocenters. The summed E-state index contributed by atoms with van der Waals surface area (Å²) in [4.78, 5) is 15.5. The normalized spacial score (nSPS) is 12.7. The number of hydrogen-bond acceptors (Lipinski definition) is 3. The summed E-state index contributed by atoms with van der Waals surface area (Å²) in [7, 11) is 0. The van der Waals surface area contributed by atoms with E-state index in [1.165, 1.54) is 23.5 Å². The highest BCUT2D eigenvalue weighted by Gasteiger charge is 2.34. The van der Waals surface area contributed by atoms with E-state index < -0.39 is 11.7 Å². The molecule has 3 rings (SSSR count). The van der Waals surface area contributed by atoms with Crippen LogP contribution >= 0.6 is 11.3 Å². The van der Waals surface area contributed by atoms with E-state index in [0.29, 0.717) is 25.1 Å². The second-order valence-electron chi connectivity index (χ2n) is 6.85. The number of nitrogens with zero attached hydrogens (tertiary/aromatic N) is 2. The first-order chi connectivity index (χ1) is 13.8. The minimum Gasteiger partial charge on any atom is -0.339 e. The van der Waals surface area contributed by atoms with Crippen LogP contribution in [-0.4, -0.2) is 34.1 Å². The lowest BCUT2D eigenvalue weighted by atomic mass is 9.92. The molecule has 1 aromatic carbocycles. The average Bonchev–Trinajstić information content (AvgIpc) is 3.39. The lowest BCUT2D eigenvalue weighted by molar-refractivity contribution is -0.138. The number of carbonyl (C=O) groups excluding carboxylic acids is 1. The second-order valence-corrected chi connectivity index (χ2v) is 7.76. The number of aromatic nitrogens is 2. The number of thiophene rings is 1. The molecule has 154 valence electrons. The SMILES string of the molecule is CCN(CCC(C)c1ccccc1C(F)(F)F)C(=O)c1csc(-c2cn[nH]c2)c1. The molecule has 0 radical (unpaired) electrons. The molecule has 1 amide bonds. The fourth-order valence-corrected chi connectivity index (χ4v) is 4.13. The van der Waals surface area contributed by atoms with Gasteiger partial charge >= 0.3 is 6.18 Å². The van der Waals surface area contributed by atoms with Crippen LogP contribution < -0.4 is 0 Å². The Balaban J connectivity index is 1.68. The van der Waals surface area contributed by atoms with Crippen LogP contribution in [0.25, 0.3) is 10.4 Å². The highest BCUT2D eigenvalue weighted by atomic mass is 32.1. The average molecular weight is 421 g/mol. The zero-order chi connectivity index (χ0) is 21.0. The summed E-state index contributed by atoms with van der Waals surface area (Å²) in [6.07, 6.45) is -0.481. The van der Waals surface area contributed by atoms with Crippen molar-refractivity contribution in [3.8, 4) is 10.4 Å². The van der Waals surface area contributed by atoms with Crippen molar-refractivity contribution in [3.05, 3.63) is 64.8 Å². The van der Waals surface area contributed by atoms with Gasteiger partial charge < -0.3 is 4.90 Å². The van der Waals surface area contributed by atoms with Crippen molar-refractivity contribution >= 4 is 17.2 Å². The number of halogens is 3. The van der Waals surface area contributed by atoms with Gasteiger partial charge in [-0.05, 0) is 37.0 Å². The van der Waals surface area contributed by atoms with Gasteiger partial charge in [0.15, 0.2) is 0 Å². The Bertz CT molecular complexity index is 950. The van der Waals surface area contributed by atoms with Gasteiger partial charge in [0.25, 0.3) is 5.91 Å². The zero-order valence-electron chi connectivity index (χ0n) is 16.2. The highest BCUT2D eigenvalue weighted by Crippen LogP contribution is 2.36. The third kappa shape index (κ3) is 4.87. The minimum atomic E-state index is -4.38. The number of amides is 1. The van der Waals surface area contributed by atoms with E-state index in [2.05, 4.69) is 10.2 Å². The summed E-state index contributed by atoms with van der Waals surface area (Å²) < 4.78 is 39.8. The Hall–Kier alpha value is -2.61. The number of benzene rings is 1. The van der Waals surface area contributed by atoms with E-state index in [9.17, 15) is 18.0 Å². The third-order valence-electron chi connectivity index (χ3n) is 4.93. The Morgan fingerprint density at radius 2 is 2.07 bits per heavy atom. The summed E-state index contributed by atoms with van der Waals surface area (Å²) >= 11 is 1.46. The van der Waals surface area contributed by atoms with Crippen molar-refractivity contribution in [2.24, 2.45) is 0 Å². The number of rotatable bonds is 7. The molecule has 0 saturated heterocycles. The van der Waals surface area contributed by atoms with Crippen LogP contribution in [0.5, 0.6) is 0 Å². The molecule has 0 aliphatic heterocycles. The maximum atomic E-state index is 13.3. The molecule has 1 N–H and O–H groups in total. The van der Waals surface area contributed by atoms with Crippen molar-refractivity contribution in [1.82, 2.24) is 15.1 Å². The molecular formula is C21H22F3N3OS. The first kappa shape index (κ1) is 21.1. The van der Waals surface area contributed by atoms with E-state index in [4.69, 9.17) is 0 Å². The molecule has 3 aromatic rings. The van der Waals surface area contributed by atoms with Crippen LogP contribution in [-0.2, 0) is 6.18 Å². The molecule has 1 unspecified atom stereocenters. The molecule has 4 nitrogen and oxygen atoms in total. The number of hydrogen-bond donors (Lipinski definition) is 1. The van der Waals surface area contributed by atoms with Crippen LogP contribution in [0.4, 0.5) is 13.2 Å². The lowest BCUT2D eigenvalue weighted by Crippen LogP contribution is -2.32. The van der Waals surface area contributed by atoms with Crippen molar-refractivity contribution in [2.45, 2.75) is 32.4 Å². The molecule has 2 heterocycles. The summed E-state index contributed by atoms with van der Waals surface area (Å²) in [5.41, 5.74) is 1.15. The number of nitrogens with one attached hydrogen (secondary N) is 1. The van der Waals surface area contributed by atoms with Crippen molar-refractivity contribution < 1.29 is 18.0 Å². The van der Waals surface area contributed by atoms with E-state index in [1.807, 2.05) is 13.0 Å². The fraction of sp³-hybridized carbons (Fsp3) is 0.333. The summed E-state index contributed by atoms with van der Waals surface area (Å²) in [5.74, 6) is -0.437. The van der Waals surface area contributed by atoms with E-state index in [0.717, 1.165) is 16.5 Å². The maximum absolute atomic E-state index is 13.3. The van der Waals surface area contributed by atoms with E-state index >= 15 is 0 Å². The Morgan fingerprint density at radius 1 is 1.31 bits per heavy atom. The van der Waals surface area contributed by atoms with Gasteiger partial charge in [-0.15, -0.1) is 11.3 Å². The maximum Gasteiger partial charge on any atom is 0.416 e. The van der Waals surface area contributed by atoms with Gasteiger partial charge in [-0.2, -0.15) is 18.3 Å². The third-order valence-corrected chi connectivity index (χ3v) is 5.91. The van der Waals surface area contributed by atoms with Crippen molar-refractivity contribution in [1.29, 1.82) is 0 Å². The Labute approximate surface area is 171 Å². The van der Waals surface area contributed by atoms with Crippen LogP contribution in [0, 0.1) is 0 Å². The largest absolute Gasteiger partial charge is 0.416 e. The van der Waals surface area contributed by atoms with E-state index in [-0.39, 0.29) is 17.4 Å². The van der Waals surface area contributed by atoms with Gasteiger partial charge in [0.2, 0.25) is 0 Å². The number of carbonyl (C=O) groups is 1. The minimum absolute atomic E-state index is 0.116. The predicted octanol–water partition coefficient (Wildman–Crippen LogP) is 5.81.